The van der Waals surface area contributed by atoms with Gasteiger partial charge < -0.3 is 16.0 Å². The predicted molar refractivity (Wildman–Crippen MR) is 80.4 cm³/mol. The number of nitrogens with one attached hydrogen (secondary N) is 1. The maximum Gasteiger partial charge on any atom is 0.265 e. The van der Waals surface area contributed by atoms with Crippen LogP contribution in [0.15, 0.2) is 24.3 Å². The molecule has 0 radical (unpaired) electrons. The van der Waals surface area contributed by atoms with Gasteiger partial charge >= 0.3 is 0 Å². The third kappa shape index (κ3) is 3.49. The fourth-order valence-corrected chi connectivity index (χ4v) is 2.71. The van der Waals surface area contributed by atoms with E-state index in [2.05, 4.69) is 5.32 Å². The molecule has 1 amide bonds. The predicted octanol–water partition coefficient (Wildman–Crippen LogP) is 2.92. The Kier molecular flexibility index (Phi) is 4.42. The summed E-state index contributed by atoms with van der Waals surface area (Å²) in [6.07, 6.45) is 0. The van der Waals surface area contributed by atoms with E-state index in [0.29, 0.717) is 21.1 Å². The minimum atomic E-state index is -0.615. The third-order valence-electron chi connectivity index (χ3n) is 2.83. The van der Waals surface area contributed by atoms with Crippen molar-refractivity contribution in [3.05, 3.63) is 46.3 Å². The molecule has 4 nitrogen and oxygen atoms in total. The molecule has 0 aliphatic rings. The quantitative estimate of drug-likeness (QED) is 0.913. The Labute approximate surface area is 125 Å². The van der Waals surface area contributed by atoms with E-state index in [-0.39, 0.29) is 12.5 Å². The number of benzene rings is 1. The molecular formula is C14H15F2N3OS. The average Bonchev–Trinajstić information content (AvgIpc) is 2.78. The number of rotatable bonds is 4. The number of nitrogens with two attached hydrogens (primary N) is 1. The second-order valence-electron chi connectivity index (χ2n) is 4.68. The van der Waals surface area contributed by atoms with Crippen molar-refractivity contribution in [3.8, 4) is 0 Å². The van der Waals surface area contributed by atoms with Gasteiger partial charge in [-0.2, -0.15) is 0 Å². The Morgan fingerprint density at radius 3 is 2.67 bits per heavy atom. The minimum absolute atomic E-state index is 0.182. The van der Waals surface area contributed by atoms with Gasteiger partial charge in [-0.1, -0.05) is 6.07 Å². The summed E-state index contributed by atoms with van der Waals surface area (Å²) in [6, 6.07) is 5.04. The van der Waals surface area contributed by atoms with Crippen LogP contribution in [0.1, 0.15) is 15.2 Å². The molecular weight excluding hydrogens is 296 g/mol. The van der Waals surface area contributed by atoms with E-state index in [1.165, 1.54) is 28.4 Å². The fourth-order valence-electron chi connectivity index (χ4n) is 1.71. The molecule has 0 unspecified atom stereocenters. The molecule has 0 aliphatic heterocycles. The van der Waals surface area contributed by atoms with Crippen LogP contribution in [0.25, 0.3) is 0 Å². The maximum absolute atomic E-state index is 13.5. The Balaban J connectivity index is 2.10. The Morgan fingerprint density at radius 2 is 2.05 bits per heavy atom. The van der Waals surface area contributed by atoms with Gasteiger partial charge in [-0.25, -0.2) is 8.78 Å². The highest BCUT2D eigenvalue weighted by Gasteiger charge is 2.16. The van der Waals surface area contributed by atoms with Crippen molar-refractivity contribution >= 4 is 27.9 Å². The van der Waals surface area contributed by atoms with Crippen LogP contribution < -0.4 is 11.1 Å². The molecule has 21 heavy (non-hydrogen) atoms. The molecule has 7 heteroatoms. The lowest BCUT2D eigenvalue weighted by Gasteiger charge is -2.08. The zero-order chi connectivity index (χ0) is 15.6. The van der Waals surface area contributed by atoms with Gasteiger partial charge in [-0.05, 0) is 12.1 Å². The van der Waals surface area contributed by atoms with E-state index in [0.717, 1.165) is 6.07 Å². The van der Waals surface area contributed by atoms with Gasteiger partial charge in [0.15, 0.2) is 0 Å². The number of carbonyl (C=O) groups is 1. The topological polar surface area (TPSA) is 58.4 Å². The van der Waals surface area contributed by atoms with Crippen LogP contribution in [-0.4, -0.2) is 24.9 Å². The minimum Gasteiger partial charge on any atom is -0.397 e. The molecule has 2 rings (SSSR count). The van der Waals surface area contributed by atoms with E-state index >= 15 is 0 Å². The smallest absolute Gasteiger partial charge is 0.265 e. The first-order valence-corrected chi connectivity index (χ1v) is 6.99. The van der Waals surface area contributed by atoms with Crippen LogP contribution >= 0.6 is 11.3 Å². The van der Waals surface area contributed by atoms with Gasteiger partial charge in [0.2, 0.25) is 0 Å². The number of amides is 1. The van der Waals surface area contributed by atoms with Crippen LogP contribution in [0.2, 0.25) is 0 Å². The Morgan fingerprint density at radius 1 is 1.33 bits per heavy atom. The van der Waals surface area contributed by atoms with E-state index < -0.39 is 11.6 Å². The molecule has 0 spiro atoms. The number of hydrogen-bond donors (Lipinski definition) is 2. The molecule has 0 aliphatic carbocycles. The normalized spacial score (nSPS) is 10.5. The van der Waals surface area contributed by atoms with Crippen LogP contribution in [0.5, 0.6) is 0 Å². The third-order valence-corrected chi connectivity index (χ3v) is 3.93. The van der Waals surface area contributed by atoms with Crippen molar-refractivity contribution in [1.82, 2.24) is 4.90 Å². The number of thiophene rings is 1. The Hall–Kier alpha value is -2.15. The molecule has 0 saturated heterocycles. The van der Waals surface area contributed by atoms with Gasteiger partial charge in [0.1, 0.15) is 16.5 Å². The summed E-state index contributed by atoms with van der Waals surface area (Å²) in [4.78, 5) is 13.7. The number of anilines is 2. The fraction of sp³-hybridized carbons (Fsp3) is 0.214. The molecule has 0 atom stereocenters. The zero-order valence-corrected chi connectivity index (χ0v) is 12.4. The summed E-state index contributed by atoms with van der Waals surface area (Å²) in [5.74, 6) is -1.41. The van der Waals surface area contributed by atoms with Crippen molar-refractivity contribution in [1.29, 1.82) is 0 Å². The largest absolute Gasteiger partial charge is 0.397 e. The highest BCUT2D eigenvalue weighted by Crippen LogP contribution is 2.30. The van der Waals surface area contributed by atoms with E-state index in [1.54, 1.807) is 20.2 Å². The van der Waals surface area contributed by atoms with E-state index in [4.69, 9.17) is 5.73 Å². The summed E-state index contributed by atoms with van der Waals surface area (Å²) >= 11 is 1.20. The summed E-state index contributed by atoms with van der Waals surface area (Å²) in [5.41, 5.74) is 6.51. The first-order valence-electron chi connectivity index (χ1n) is 6.17. The molecule has 0 bridgehead atoms. The van der Waals surface area contributed by atoms with Gasteiger partial charge in [0.25, 0.3) is 5.91 Å². The van der Waals surface area contributed by atoms with E-state index in [9.17, 15) is 13.6 Å². The molecule has 112 valence electrons. The molecule has 3 N–H and O–H groups in total. The number of carbonyl (C=O) groups excluding carboxylic acids is 1. The lowest BCUT2D eigenvalue weighted by molar-refractivity contribution is 0.0833. The summed E-state index contributed by atoms with van der Waals surface area (Å²) < 4.78 is 26.3. The lowest BCUT2D eigenvalue weighted by Crippen LogP contribution is -2.21. The molecule has 0 saturated carbocycles. The van der Waals surface area contributed by atoms with Crippen molar-refractivity contribution in [2.75, 3.05) is 25.1 Å². The standard InChI is InChI=1S/C14H15F2N3OS/c1-19(2)14(20)13-11(17)6-12(21-13)18-7-8-3-4-9(15)5-10(8)16/h3-6,18H,7,17H2,1-2H3. The highest BCUT2D eigenvalue weighted by molar-refractivity contribution is 7.18. The second kappa shape index (κ2) is 6.09. The number of nitrogens with zero attached hydrogens (tertiary/aromatic N) is 1. The van der Waals surface area contributed by atoms with E-state index in [1.807, 2.05) is 0 Å². The number of nitrogen functional groups attached to an aromatic ring is 1. The molecule has 1 heterocycles. The number of halogens is 2. The first kappa shape index (κ1) is 15.2. The second-order valence-corrected chi connectivity index (χ2v) is 5.74. The first-order chi connectivity index (χ1) is 9.88. The molecule has 0 fully saturated rings. The van der Waals surface area contributed by atoms with Gasteiger partial charge in [0, 0.05) is 32.3 Å². The monoisotopic (exact) mass is 311 g/mol. The van der Waals surface area contributed by atoms with Crippen LogP contribution in [0.4, 0.5) is 19.5 Å². The van der Waals surface area contributed by atoms with Gasteiger partial charge in [-0.15, -0.1) is 11.3 Å². The SMILES string of the molecule is CN(C)C(=O)c1sc(NCc2ccc(F)cc2F)cc1N. The summed E-state index contributed by atoms with van der Waals surface area (Å²) in [7, 11) is 3.28. The van der Waals surface area contributed by atoms with Crippen molar-refractivity contribution in [3.63, 3.8) is 0 Å². The molecule has 2 aromatic rings. The van der Waals surface area contributed by atoms with Crippen molar-refractivity contribution in [2.24, 2.45) is 0 Å². The molecule has 1 aromatic heterocycles. The highest BCUT2D eigenvalue weighted by atomic mass is 32.1. The van der Waals surface area contributed by atoms with Crippen LogP contribution in [0.3, 0.4) is 0 Å². The Bertz CT molecular complexity index is 670. The maximum atomic E-state index is 13.5. The lowest BCUT2D eigenvalue weighted by atomic mass is 10.2. The van der Waals surface area contributed by atoms with Gasteiger partial charge in [-0.3, -0.25) is 4.79 Å². The summed E-state index contributed by atoms with van der Waals surface area (Å²) in [6.45, 7) is 0.182. The van der Waals surface area contributed by atoms with Gasteiger partial charge in [0.05, 0.1) is 10.7 Å². The number of hydrogen-bond acceptors (Lipinski definition) is 4. The van der Waals surface area contributed by atoms with Crippen LogP contribution in [0, 0.1) is 11.6 Å². The average molecular weight is 311 g/mol. The van der Waals surface area contributed by atoms with Crippen molar-refractivity contribution < 1.29 is 13.6 Å². The van der Waals surface area contributed by atoms with Crippen molar-refractivity contribution in [2.45, 2.75) is 6.54 Å². The molecule has 1 aromatic carbocycles. The summed E-state index contributed by atoms with van der Waals surface area (Å²) in [5, 5.41) is 3.64. The zero-order valence-electron chi connectivity index (χ0n) is 11.6. The van der Waals surface area contributed by atoms with Crippen LogP contribution in [-0.2, 0) is 6.54 Å².